The first-order valence-corrected chi connectivity index (χ1v) is 8.46. The summed E-state index contributed by atoms with van der Waals surface area (Å²) in [7, 11) is 0.519. The fourth-order valence-electron chi connectivity index (χ4n) is 1.63. The molecule has 0 N–H and O–H groups in total. The smallest absolute Gasteiger partial charge is 0.183 e. The summed E-state index contributed by atoms with van der Waals surface area (Å²) in [5.74, 6) is 0. The van der Waals surface area contributed by atoms with Gasteiger partial charge in [-0.3, -0.25) is 0 Å². The summed E-state index contributed by atoms with van der Waals surface area (Å²) in [5, 5.41) is 0. The van der Waals surface area contributed by atoms with E-state index >= 15 is 0 Å². The van der Waals surface area contributed by atoms with E-state index in [0.29, 0.717) is 11.6 Å². The molecule has 17 heavy (non-hydrogen) atoms. The third kappa shape index (κ3) is 7.16. The number of ether oxygens (including phenoxy) is 3. The van der Waals surface area contributed by atoms with E-state index in [4.69, 9.17) is 18.6 Å². The molecule has 0 bridgehead atoms. The maximum absolute atomic E-state index is 5.94. The second kappa shape index (κ2) is 8.21. The van der Waals surface area contributed by atoms with Crippen molar-refractivity contribution in [1.29, 1.82) is 0 Å². The average molecular weight is 262 g/mol. The van der Waals surface area contributed by atoms with Gasteiger partial charge >= 0.3 is 0 Å². The molecule has 4 nitrogen and oxygen atoms in total. The number of hydrogen-bond donors (Lipinski definition) is 0. The minimum absolute atomic E-state index is 0.0742. The molecule has 3 unspecified atom stereocenters. The molecule has 0 aromatic carbocycles. The highest BCUT2D eigenvalue weighted by Gasteiger charge is 2.22. The number of epoxide rings is 1. The highest BCUT2D eigenvalue weighted by molar-refractivity contribution is 6.53. The molecule has 0 spiro atoms. The summed E-state index contributed by atoms with van der Waals surface area (Å²) in [4.78, 5) is 0. The summed E-state index contributed by atoms with van der Waals surface area (Å²) >= 11 is 0. The fourth-order valence-corrected chi connectivity index (χ4v) is 3.92. The molecule has 0 aliphatic carbocycles. The molecule has 1 aliphatic rings. The van der Waals surface area contributed by atoms with Gasteiger partial charge in [0.15, 0.2) is 9.04 Å². The zero-order valence-electron chi connectivity index (χ0n) is 11.5. The zero-order valence-corrected chi connectivity index (χ0v) is 12.6. The maximum atomic E-state index is 5.94. The zero-order chi connectivity index (χ0) is 12.7. The van der Waals surface area contributed by atoms with Gasteiger partial charge in [0.2, 0.25) is 0 Å². The largest absolute Gasteiger partial charge is 0.396 e. The molecule has 0 aromatic heterocycles. The molecular formula is C12H26O4Si. The van der Waals surface area contributed by atoms with E-state index < -0.39 is 9.04 Å². The van der Waals surface area contributed by atoms with Crippen LogP contribution in [0.15, 0.2) is 0 Å². The van der Waals surface area contributed by atoms with Gasteiger partial charge in [0.25, 0.3) is 0 Å². The molecular weight excluding hydrogens is 236 g/mol. The van der Waals surface area contributed by atoms with Crippen molar-refractivity contribution in [2.24, 2.45) is 0 Å². The Morgan fingerprint density at radius 2 is 2.06 bits per heavy atom. The van der Waals surface area contributed by atoms with Crippen LogP contribution < -0.4 is 0 Å². The van der Waals surface area contributed by atoms with E-state index in [2.05, 4.69) is 13.8 Å². The van der Waals surface area contributed by atoms with Crippen LogP contribution >= 0.6 is 0 Å². The lowest BCUT2D eigenvalue weighted by molar-refractivity contribution is -0.0427. The molecule has 3 atom stereocenters. The lowest BCUT2D eigenvalue weighted by atomic mass is 10.5. The molecule has 0 saturated carbocycles. The SMILES string of the molecule is COC(C)O[SiH](CCCOCC1CO1)C(C)C. The Labute approximate surface area is 106 Å². The van der Waals surface area contributed by atoms with Crippen molar-refractivity contribution < 1.29 is 18.6 Å². The molecule has 5 heteroatoms. The molecule has 0 amide bonds. The molecule has 102 valence electrons. The van der Waals surface area contributed by atoms with Crippen molar-refractivity contribution in [2.75, 3.05) is 26.9 Å². The van der Waals surface area contributed by atoms with E-state index in [1.54, 1.807) is 7.11 Å². The minimum atomic E-state index is -1.17. The fraction of sp³-hybridized carbons (Fsp3) is 1.00. The molecule has 0 aromatic rings. The molecule has 1 fully saturated rings. The Morgan fingerprint density at radius 1 is 1.35 bits per heavy atom. The van der Waals surface area contributed by atoms with Crippen molar-refractivity contribution in [3.8, 4) is 0 Å². The van der Waals surface area contributed by atoms with Crippen LogP contribution in [0.1, 0.15) is 27.2 Å². The van der Waals surface area contributed by atoms with Crippen LogP contribution in [0.25, 0.3) is 0 Å². The van der Waals surface area contributed by atoms with E-state index in [1.165, 1.54) is 0 Å². The highest BCUT2D eigenvalue weighted by Crippen LogP contribution is 2.17. The Kier molecular flexibility index (Phi) is 7.30. The normalized spacial score (nSPS) is 22.8. The standard InChI is InChI=1S/C12H26O4Si/c1-10(2)17(16-11(3)13-4)7-5-6-14-8-12-9-15-12/h10-12,17H,5-9H2,1-4H3. The minimum Gasteiger partial charge on any atom is -0.396 e. The van der Waals surface area contributed by atoms with Crippen LogP contribution in [0.4, 0.5) is 0 Å². The summed E-state index contributed by atoms with van der Waals surface area (Å²) < 4.78 is 21.7. The quantitative estimate of drug-likeness (QED) is 0.261. The summed E-state index contributed by atoms with van der Waals surface area (Å²) in [6.45, 7) is 8.88. The molecule has 1 aliphatic heterocycles. The third-order valence-corrected chi connectivity index (χ3v) is 6.12. The number of hydrogen-bond acceptors (Lipinski definition) is 4. The maximum Gasteiger partial charge on any atom is 0.183 e. The second-order valence-electron chi connectivity index (χ2n) is 4.89. The molecule has 1 heterocycles. The Hall–Kier alpha value is 0.0569. The first-order valence-electron chi connectivity index (χ1n) is 6.51. The van der Waals surface area contributed by atoms with Gasteiger partial charge in [0, 0.05) is 13.7 Å². The van der Waals surface area contributed by atoms with E-state index in [9.17, 15) is 0 Å². The van der Waals surface area contributed by atoms with Gasteiger partial charge in [-0.25, -0.2) is 0 Å². The Bertz CT molecular complexity index is 197. The summed E-state index contributed by atoms with van der Waals surface area (Å²) in [5.41, 5.74) is 0.638. The van der Waals surface area contributed by atoms with Gasteiger partial charge in [0.05, 0.1) is 13.2 Å². The first kappa shape index (κ1) is 15.1. The van der Waals surface area contributed by atoms with Gasteiger partial charge in [0.1, 0.15) is 12.4 Å². The topological polar surface area (TPSA) is 40.2 Å². The van der Waals surface area contributed by atoms with Crippen LogP contribution in [-0.2, 0) is 18.6 Å². The van der Waals surface area contributed by atoms with Crippen LogP contribution in [-0.4, -0.2) is 48.4 Å². The van der Waals surface area contributed by atoms with Crippen molar-refractivity contribution >= 4 is 9.04 Å². The van der Waals surface area contributed by atoms with Crippen LogP contribution in [0.5, 0.6) is 0 Å². The lowest BCUT2D eigenvalue weighted by Gasteiger charge is -2.23. The van der Waals surface area contributed by atoms with E-state index in [-0.39, 0.29) is 6.29 Å². The van der Waals surface area contributed by atoms with E-state index in [1.807, 2.05) is 6.92 Å². The molecule has 1 saturated heterocycles. The Balaban J connectivity index is 2.05. The lowest BCUT2D eigenvalue weighted by Crippen LogP contribution is -2.28. The van der Waals surface area contributed by atoms with Crippen molar-refractivity contribution in [3.63, 3.8) is 0 Å². The van der Waals surface area contributed by atoms with Crippen molar-refractivity contribution in [3.05, 3.63) is 0 Å². The molecule has 1 rings (SSSR count). The van der Waals surface area contributed by atoms with Gasteiger partial charge in [-0.05, 0) is 24.9 Å². The van der Waals surface area contributed by atoms with Gasteiger partial charge < -0.3 is 18.6 Å². The van der Waals surface area contributed by atoms with Gasteiger partial charge in [-0.1, -0.05) is 13.8 Å². The Morgan fingerprint density at radius 3 is 2.59 bits per heavy atom. The van der Waals surface area contributed by atoms with Crippen LogP contribution in [0.2, 0.25) is 11.6 Å². The highest BCUT2D eigenvalue weighted by atomic mass is 28.3. The van der Waals surface area contributed by atoms with Crippen LogP contribution in [0.3, 0.4) is 0 Å². The number of methoxy groups -OCH3 is 1. The number of rotatable bonds is 10. The van der Waals surface area contributed by atoms with E-state index in [0.717, 1.165) is 32.3 Å². The first-order chi connectivity index (χ1) is 8.13. The summed E-state index contributed by atoms with van der Waals surface area (Å²) in [6.07, 6.45) is 1.38. The predicted molar refractivity (Wildman–Crippen MR) is 69.8 cm³/mol. The van der Waals surface area contributed by atoms with Crippen LogP contribution in [0, 0.1) is 0 Å². The average Bonchev–Trinajstić information content (AvgIpc) is 3.10. The summed E-state index contributed by atoms with van der Waals surface area (Å²) in [6, 6.07) is 1.15. The predicted octanol–water partition coefficient (Wildman–Crippen LogP) is 1.93. The van der Waals surface area contributed by atoms with Crippen molar-refractivity contribution in [2.45, 2.75) is 51.2 Å². The van der Waals surface area contributed by atoms with Gasteiger partial charge in [-0.2, -0.15) is 0 Å². The van der Waals surface area contributed by atoms with Gasteiger partial charge in [-0.15, -0.1) is 0 Å². The monoisotopic (exact) mass is 262 g/mol. The third-order valence-electron chi connectivity index (χ3n) is 2.93. The van der Waals surface area contributed by atoms with Crippen molar-refractivity contribution in [1.82, 2.24) is 0 Å². The second-order valence-corrected chi connectivity index (χ2v) is 8.15. The molecule has 0 radical (unpaired) electrons.